The quantitative estimate of drug-likeness (QED) is 0.193. The van der Waals surface area contributed by atoms with Crippen LogP contribution in [-0.4, -0.2) is 23.4 Å². The second kappa shape index (κ2) is 23.1. The van der Waals surface area contributed by atoms with Crippen LogP contribution in [0.4, 0.5) is 0 Å². The molecule has 2 aliphatic carbocycles. The van der Waals surface area contributed by atoms with E-state index < -0.39 is 0 Å². The van der Waals surface area contributed by atoms with Crippen molar-refractivity contribution in [2.24, 2.45) is 23.5 Å². The molecule has 3 rings (SSSR count). The van der Waals surface area contributed by atoms with Gasteiger partial charge in [-0.25, -0.2) is 0 Å². The number of Topliss-reactive ketones (excluding diaryl/α,β-unsaturated/α-hetero) is 3. The van der Waals surface area contributed by atoms with Crippen LogP contribution in [0.1, 0.15) is 137 Å². The summed E-state index contributed by atoms with van der Waals surface area (Å²) in [4.78, 5) is 34.3. The minimum absolute atomic E-state index is 0.0343. The van der Waals surface area contributed by atoms with Crippen molar-refractivity contribution >= 4 is 17.3 Å². The number of carbonyl (C=O) groups is 3. The molecule has 3 unspecified atom stereocenters. The molecule has 0 amide bonds. The van der Waals surface area contributed by atoms with Gasteiger partial charge in [0, 0.05) is 11.8 Å². The Kier molecular flexibility index (Phi) is 22.0. The summed E-state index contributed by atoms with van der Waals surface area (Å²) in [7, 11) is 0. The molecule has 2 N–H and O–H groups in total. The summed E-state index contributed by atoms with van der Waals surface area (Å²) < 4.78 is 0. The Bertz CT molecular complexity index is 739. The molecule has 2 saturated carbocycles. The number of hydrogen-bond donors (Lipinski definition) is 1. The van der Waals surface area contributed by atoms with Crippen molar-refractivity contribution in [2.45, 2.75) is 144 Å². The highest BCUT2D eigenvalue weighted by Gasteiger charge is 2.45. The number of aryl methyl sites for hydroxylation is 1. The number of benzene rings is 1. The van der Waals surface area contributed by atoms with Gasteiger partial charge in [-0.1, -0.05) is 116 Å². The largest absolute Gasteiger partial charge is 0.322 e. The van der Waals surface area contributed by atoms with Crippen LogP contribution in [0.2, 0.25) is 0 Å². The highest BCUT2D eigenvalue weighted by molar-refractivity contribution is 6.39. The Hall–Kier alpha value is -1.81. The molecule has 3 atom stereocenters. The molecule has 2 aliphatic rings. The first kappa shape index (κ1) is 36.2. The second-order valence-electron chi connectivity index (χ2n) is 10.8. The highest BCUT2D eigenvalue weighted by Crippen LogP contribution is 2.44. The van der Waals surface area contributed by atoms with E-state index in [1.807, 2.05) is 13.8 Å². The van der Waals surface area contributed by atoms with Gasteiger partial charge < -0.3 is 5.73 Å². The van der Waals surface area contributed by atoms with Gasteiger partial charge in [-0.3, -0.25) is 14.4 Å². The van der Waals surface area contributed by atoms with Crippen molar-refractivity contribution in [1.29, 1.82) is 0 Å². The van der Waals surface area contributed by atoms with Gasteiger partial charge in [0.05, 0.1) is 6.04 Å². The predicted molar refractivity (Wildman–Crippen MR) is 162 cm³/mol. The van der Waals surface area contributed by atoms with Crippen LogP contribution in [0, 0.1) is 17.8 Å². The maximum atomic E-state index is 11.9. The number of nitrogens with two attached hydrogens (primary N) is 1. The lowest BCUT2D eigenvalue weighted by Crippen LogP contribution is -2.27. The topological polar surface area (TPSA) is 77.2 Å². The SMILES string of the molecule is CC.CCCCC(N)C(C)=O.CCCCC1CC1C(=O)C(=O)C1CCCC1.CCCCCc1ccccc1. The molecule has 0 heterocycles. The minimum atomic E-state index is -0.218. The Morgan fingerprint density at radius 1 is 0.842 bits per heavy atom. The standard InChI is InChI=1S/C14H22O2.C11H16.C7H15NO.C2H6/c1-2-3-6-11-9-12(11)14(16)13(15)10-7-4-5-8-10;1-2-3-5-8-11-9-6-4-7-10-11;1-3-4-5-7(8)6(2)9;1-2/h10-12H,2-9H2,1H3;4,6-7,9-10H,2-3,5,8H2,1H3;7H,3-5,8H2,1-2H3;1-2H3. The summed E-state index contributed by atoms with van der Waals surface area (Å²) in [6.07, 6.45) is 16.9. The number of unbranched alkanes of at least 4 members (excludes halogenated alkanes) is 4. The predicted octanol–water partition coefficient (Wildman–Crippen LogP) is 8.68. The van der Waals surface area contributed by atoms with E-state index in [9.17, 15) is 14.4 Å². The maximum absolute atomic E-state index is 11.9. The molecule has 0 spiro atoms. The fraction of sp³-hybridized carbons (Fsp3) is 0.735. The molecule has 0 saturated heterocycles. The lowest BCUT2D eigenvalue weighted by atomic mass is 9.96. The van der Waals surface area contributed by atoms with Gasteiger partial charge >= 0.3 is 0 Å². The molecular weight excluding hydrogens is 470 g/mol. The Balaban J connectivity index is 0.000000549. The van der Waals surface area contributed by atoms with E-state index in [4.69, 9.17) is 5.73 Å². The van der Waals surface area contributed by atoms with Crippen molar-refractivity contribution in [1.82, 2.24) is 0 Å². The summed E-state index contributed by atoms with van der Waals surface area (Å²) in [6.45, 7) is 12.0. The smallest absolute Gasteiger partial charge is 0.202 e. The lowest BCUT2D eigenvalue weighted by molar-refractivity contribution is -0.139. The van der Waals surface area contributed by atoms with Gasteiger partial charge in [0.15, 0.2) is 0 Å². The number of rotatable bonds is 14. The molecule has 4 nitrogen and oxygen atoms in total. The summed E-state index contributed by atoms with van der Waals surface area (Å²) >= 11 is 0. The zero-order valence-corrected chi connectivity index (χ0v) is 25.6. The van der Waals surface area contributed by atoms with Crippen molar-refractivity contribution in [3.05, 3.63) is 35.9 Å². The third kappa shape index (κ3) is 16.2. The van der Waals surface area contributed by atoms with Crippen LogP contribution in [0.25, 0.3) is 0 Å². The van der Waals surface area contributed by atoms with Gasteiger partial charge in [-0.15, -0.1) is 0 Å². The van der Waals surface area contributed by atoms with Crippen LogP contribution in [-0.2, 0) is 20.8 Å². The molecule has 38 heavy (non-hydrogen) atoms. The molecule has 0 aromatic heterocycles. The van der Waals surface area contributed by atoms with E-state index in [1.165, 1.54) is 44.1 Å². The molecular formula is C34H59NO3. The fourth-order valence-electron chi connectivity index (χ4n) is 4.78. The Morgan fingerprint density at radius 3 is 1.95 bits per heavy atom. The molecule has 218 valence electrons. The van der Waals surface area contributed by atoms with Crippen LogP contribution in [0.5, 0.6) is 0 Å². The average Bonchev–Trinajstić information content (AvgIpc) is 3.51. The lowest BCUT2D eigenvalue weighted by Gasteiger charge is -2.06. The van der Waals surface area contributed by atoms with E-state index in [1.54, 1.807) is 6.92 Å². The van der Waals surface area contributed by atoms with Crippen LogP contribution < -0.4 is 5.73 Å². The second-order valence-corrected chi connectivity index (χ2v) is 10.8. The van der Waals surface area contributed by atoms with Crippen LogP contribution in [0.15, 0.2) is 30.3 Å². The van der Waals surface area contributed by atoms with Gasteiger partial charge in [-0.05, 0) is 63.4 Å². The van der Waals surface area contributed by atoms with E-state index in [0.717, 1.165) is 57.8 Å². The molecule has 4 heteroatoms. The molecule has 0 bridgehead atoms. The summed E-state index contributed by atoms with van der Waals surface area (Å²) in [5.41, 5.74) is 6.93. The van der Waals surface area contributed by atoms with Crippen molar-refractivity contribution in [3.8, 4) is 0 Å². The van der Waals surface area contributed by atoms with Crippen LogP contribution >= 0.6 is 0 Å². The maximum Gasteiger partial charge on any atom is 0.202 e. The van der Waals surface area contributed by atoms with Gasteiger partial charge in [-0.2, -0.15) is 0 Å². The van der Waals surface area contributed by atoms with Gasteiger partial charge in [0.2, 0.25) is 11.6 Å². The van der Waals surface area contributed by atoms with Crippen molar-refractivity contribution < 1.29 is 14.4 Å². The molecule has 0 radical (unpaired) electrons. The summed E-state index contributed by atoms with van der Waals surface area (Å²) in [5.74, 6) is 0.760. The van der Waals surface area contributed by atoms with E-state index in [0.29, 0.717) is 5.92 Å². The van der Waals surface area contributed by atoms with E-state index in [2.05, 4.69) is 51.1 Å². The number of hydrogen-bond acceptors (Lipinski definition) is 4. The Morgan fingerprint density at radius 2 is 1.42 bits per heavy atom. The average molecular weight is 530 g/mol. The third-order valence-corrected chi connectivity index (χ3v) is 7.46. The fourth-order valence-corrected chi connectivity index (χ4v) is 4.78. The molecule has 2 fully saturated rings. The van der Waals surface area contributed by atoms with E-state index >= 15 is 0 Å². The van der Waals surface area contributed by atoms with Crippen molar-refractivity contribution in [2.75, 3.05) is 0 Å². The van der Waals surface area contributed by atoms with Crippen LogP contribution in [0.3, 0.4) is 0 Å². The Labute approximate surface area is 234 Å². The van der Waals surface area contributed by atoms with Gasteiger partial charge in [0.1, 0.15) is 5.78 Å². The summed E-state index contributed by atoms with van der Waals surface area (Å²) in [6, 6.07) is 10.5. The minimum Gasteiger partial charge on any atom is -0.322 e. The molecule has 0 aliphatic heterocycles. The molecule has 1 aromatic carbocycles. The monoisotopic (exact) mass is 529 g/mol. The first-order valence-corrected chi connectivity index (χ1v) is 15.7. The van der Waals surface area contributed by atoms with E-state index in [-0.39, 0.29) is 35.2 Å². The number of ketones is 3. The summed E-state index contributed by atoms with van der Waals surface area (Å²) in [5, 5.41) is 0. The third-order valence-electron chi connectivity index (χ3n) is 7.46. The first-order chi connectivity index (χ1) is 18.3. The van der Waals surface area contributed by atoms with Gasteiger partial charge in [0.25, 0.3) is 0 Å². The molecule has 1 aromatic rings. The van der Waals surface area contributed by atoms with Crippen molar-refractivity contribution in [3.63, 3.8) is 0 Å². The first-order valence-electron chi connectivity index (χ1n) is 15.7. The zero-order valence-electron chi connectivity index (χ0n) is 25.6. The zero-order chi connectivity index (χ0) is 28.8. The number of carbonyl (C=O) groups excluding carboxylic acids is 3. The normalized spacial score (nSPS) is 18.5. The highest BCUT2D eigenvalue weighted by atomic mass is 16.2.